The highest BCUT2D eigenvalue weighted by atomic mass is 16.6. The number of hydrogen-bond acceptors (Lipinski definition) is 5. The molecule has 0 N–H and O–H groups in total. The molecule has 0 aliphatic carbocycles. The molecule has 0 spiro atoms. The number of methoxy groups -OCH3 is 1. The standard InChI is InChI=1S/C13H23NO5/c1-9(11(15)19-13(2,3)4)18-10-7-6-8-14(10)12(16)17-5/h9-10H,6-8H2,1-5H3/t9?,10-/m0/s1. The highest BCUT2D eigenvalue weighted by Gasteiger charge is 2.33. The maximum absolute atomic E-state index is 11.8. The van der Waals surface area contributed by atoms with E-state index in [0.717, 1.165) is 6.42 Å². The van der Waals surface area contributed by atoms with Gasteiger partial charge in [-0.1, -0.05) is 0 Å². The van der Waals surface area contributed by atoms with E-state index >= 15 is 0 Å². The molecule has 1 amide bonds. The molecule has 6 heteroatoms. The molecular weight excluding hydrogens is 250 g/mol. The number of carbonyl (C=O) groups excluding carboxylic acids is 2. The van der Waals surface area contributed by atoms with E-state index in [1.807, 2.05) is 0 Å². The van der Waals surface area contributed by atoms with E-state index in [0.29, 0.717) is 13.0 Å². The zero-order valence-corrected chi connectivity index (χ0v) is 12.3. The summed E-state index contributed by atoms with van der Waals surface area (Å²) >= 11 is 0. The number of nitrogens with zero attached hydrogens (tertiary/aromatic N) is 1. The molecule has 1 aliphatic rings. The molecule has 6 nitrogen and oxygen atoms in total. The lowest BCUT2D eigenvalue weighted by Gasteiger charge is -2.27. The molecule has 19 heavy (non-hydrogen) atoms. The van der Waals surface area contributed by atoms with Crippen molar-refractivity contribution in [1.82, 2.24) is 4.90 Å². The van der Waals surface area contributed by atoms with Gasteiger partial charge in [0.1, 0.15) is 11.8 Å². The van der Waals surface area contributed by atoms with Gasteiger partial charge in [0.15, 0.2) is 6.10 Å². The SMILES string of the molecule is COC(=O)N1CCC[C@@H]1OC(C)C(=O)OC(C)(C)C. The van der Waals surface area contributed by atoms with Crippen LogP contribution in [-0.4, -0.2) is 48.5 Å². The third kappa shape index (κ3) is 4.70. The second-order valence-electron chi connectivity index (χ2n) is 5.57. The average Bonchev–Trinajstić information content (AvgIpc) is 2.73. The van der Waals surface area contributed by atoms with Crippen LogP contribution in [0.25, 0.3) is 0 Å². The summed E-state index contributed by atoms with van der Waals surface area (Å²) in [6.07, 6.45) is -0.0356. The van der Waals surface area contributed by atoms with Gasteiger partial charge in [-0.25, -0.2) is 9.59 Å². The van der Waals surface area contributed by atoms with Gasteiger partial charge < -0.3 is 14.2 Å². The van der Waals surface area contributed by atoms with Crippen molar-refractivity contribution in [2.45, 2.75) is 58.5 Å². The summed E-state index contributed by atoms with van der Waals surface area (Å²) in [6.45, 7) is 7.61. The Morgan fingerprint density at radius 1 is 1.32 bits per heavy atom. The van der Waals surface area contributed by atoms with Crippen LogP contribution in [0.1, 0.15) is 40.5 Å². The first kappa shape index (κ1) is 15.8. The molecule has 0 aromatic rings. The zero-order chi connectivity index (χ0) is 14.6. The fraction of sp³-hybridized carbons (Fsp3) is 0.846. The van der Waals surface area contributed by atoms with Gasteiger partial charge in [0.2, 0.25) is 0 Å². The largest absolute Gasteiger partial charge is 0.458 e. The van der Waals surface area contributed by atoms with Crippen molar-refractivity contribution in [3.05, 3.63) is 0 Å². The first-order valence-electron chi connectivity index (χ1n) is 6.47. The number of rotatable bonds is 3. The average molecular weight is 273 g/mol. The number of hydrogen-bond donors (Lipinski definition) is 0. The van der Waals surface area contributed by atoms with E-state index in [2.05, 4.69) is 4.74 Å². The summed E-state index contributed by atoms with van der Waals surface area (Å²) in [7, 11) is 1.33. The van der Waals surface area contributed by atoms with Gasteiger partial charge in [0.05, 0.1) is 7.11 Å². The van der Waals surface area contributed by atoms with Crippen LogP contribution < -0.4 is 0 Å². The van der Waals surface area contributed by atoms with Gasteiger partial charge in [-0.15, -0.1) is 0 Å². The third-order valence-electron chi connectivity index (χ3n) is 2.71. The predicted octanol–water partition coefficient (Wildman–Crippen LogP) is 1.92. The van der Waals surface area contributed by atoms with Crippen LogP contribution in [0.2, 0.25) is 0 Å². The van der Waals surface area contributed by atoms with Crippen LogP contribution in [0.3, 0.4) is 0 Å². The van der Waals surface area contributed by atoms with Crippen molar-refractivity contribution in [1.29, 1.82) is 0 Å². The lowest BCUT2D eigenvalue weighted by atomic mass is 10.2. The molecule has 2 atom stereocenters. The van der Waals surface area contributed by atoms with E-state index in [1.54, 1.807) is 27.7 Å². The van der Waals surface area contributed by atoms with Crippen molar-refractivity contribution in [2.24, 2.45) is 0 Å². The summed E-state index contributed by atoms with van der Waals surface area (Å²) in [5.74, 6) is -0.427. The minimum atomic E-state index is -0.713. The van der Waals surface area contributed by atoms with Crippen LogP contribution in [-0.2, 0) is 19.0 Å². The summed E-state index contributed by atoms with van der Waals surface area (Å²) in [4.78, 5) is 24.8. The molecule has 0 radical (unpaired) electrons. The smallest absolute Gasteiger partial charge is 0.411 e. The Hall–Kier alpha value is -1.30. The summed E-state index contributed by atoms with van der Waals surface area (Å²) in [5, 5.41) is 0. The topological polar surface area (TPSA) is 65.1 Å². The van der Waals surface area contributed by atoms with Gasteiger partial charge in [0.25, 0.3) is 0 Å². The van der Waals surface area contributed by atoms with Gasteiger partial charge in [0, 0.05) is 6.54 Å². The Kier molecular flexibility index (Phi) is 5.17. The molecule has 1 saturated heterocycles. The van der Waals surface area contributed by atoms with E-state index in [4.69, 9.17) is 9.47 Å². The molecule has 1 unspecified atom stereocenters. The van der Waals surface area contributed by atoms with Gasteiger partial charge in [-0.3, -0.25) is 4.90 Å². The fourth-order valence-electron chi connectivity index (χ4n) is 1.88. The monoisotopic (exact) mass is 273 g/mol. The molecule has 1 aliphatic heterocycles. The molecule has 1 fully saturated rings. The Labute approximate surface area is 114 Å². The zero-order valence-electron chi connectivity index (χ0n) is 12.3. The number of carbonyl (C=O) groups is 2. The quantitative estimate of drug-likeness (QED) is 0.735. The van der Waals surface area contributed by atoms with Crippen LogP contribution in [0, 0.1) is 0 Å². The lowest BCUT2D eigenvalue weighted by Crippen LogP contribution is -2.41. The van der Waals surface area contributed by atoms with E-state index in [1.165, 1.54) is 12.0 Å². The minimum absolute atomic E-state index is 0.421. The highest BCUT2D eigenvalue weighted by Crippen LogP contribution is 2.21. The maximum atomic E-state index is 11.8. The molecule has 110 valence electrons. The molecule has 1 rings (SSSR count). The van der Waals surface area contributed by atoms with E-state index in [9.17, 15) is 9.59 Å². The van der Waals surface area contributed by atoms with Crippen molar-refractivity contribution in [3.63, 3.8) is 0 Å². The highest BCUT2D eigenvalue weighted by molar-refractivity contribution is 5.74. The van der Waals surface area contributed by atoms with Crippen LogP contribution in [0.5, 0.6) is 0 Å². The van der Waals surface area contributed by atoms with Crippen LogP contribution in [0.4, 0.5) is 4.79 Å². The van der Waals surface area contributed by atoms with Crippen LogP contribution in [0.15, 0.2) is 0 Å². The first-order valence-corrected chi connectivity index (χ1v) is 6.47. The molecule has 0 saturated carbocycles. The van der Waals surface area contributed by atoms with Gasteiger partial charge in [-0.05, 0) is 40.5 Å². The van der Waals surface area contributed by atoms with E-state index in [-0.39, 0.29) is 0 Å². The van der Waals surface area contributed by atoms with Crippen molar-refractivity contribution < 1.29 is 23.8 Å². The van der Waals surface area contributed by atoms with Crippen molar-refractivity contribution in [3.8, 4) is 0 Å². The second-order valence-corrected chi connectivity index (χ2v) is 5.57. The first-order chi connectivity index (χ1) is 8.74. The number of amides is 1. The van der Waals surface area contributed by atoms with Gasteiger partial charge >= 0.3 is 12.1 Å². The number of likely N-dealkylation sites (tertiary alicyclic amines) is 1. The summed E-state index contributed by atoms with van der Waals surface area (Å²) < 4.78 is 15.5. The fourth-order valence-corrected chi connectivity index (χ4v) is 1.88. The summed E-state index contributed by atoms with van der Waals surface area (Å²) in [6, 6.07) is 0. The molecule has 0 aromatic heterocycles. The summed E-state index contributed by atoms with van der Waals surface area (Å²) in [5.41, 5.74) is -0.549. The Balaban J connectivity index is 2.54. The number of ether oxygens (including phenoxy) is 3. The normalized spacial score (nSPS) is 21.1. The molecule has 0 bridgehead atoms. The second kappa shape index (κ2) is 6.23. The van der Waals surface area contributed by atoms with Crippen molar-refractivity contribution in [2.75, 3.05) is 13.7 Å². The van der Waals surface area contributed by atoms with E-state index < -0.39 is 30.0 Å². The van der Waals surface area contributed by atoms with Gasteiger partial charge in [-0.2, -0.15) is 0 Å². The minimum Gasteiger partial charge on any atom is -0.458 e. The predicted molar refractivity (Wildman–Crippen MR) is 68.5 cm³/mol. The Bertz CT molecular complexity index is 336. The Morgan fingerprint density at radius 2 is 1.95 bits per heavy atom. The third-order valence-corrected chi connectivity index (χ3v) is 2.71. The van der Waals surface area contributed by atoms with Crippen molar-refractivity contribution >= 4 is 12.1 Å². The Morgan fingerprint density at radius 3 is 2.47 bits per heavy atom. The molecular formula is C13H23NO5. The molecule has 1 heterocycles. The van der Waals surface area contributed by atoms with Crippen LogP contribution >= 0.6 is 0 Å². The number of esters is 1. The lowest BCUT2D eigenvalue weighted by molar-refractivity contribution is -0.175. The molecule has 0 aromatic carbocycles. The maximum Gasteiger partial charge on any atom is 0.411 e.